The van der Waals surface area contributed by atoms with E-state index >= 15 is 0 Å². The Morgan fingerprint density at radius 1 is 0.848 bits per heavy atom. The summed E-state index contributed by atoms with van der Waals surface area (Å²) in [5, 5.41) is 4.18. The number of rotatable bonds is 9. The molecule has 0 fully saturated rings. The van der Waals surface area contributed by atoms with Gasteiger partial charge in [0.1, 0.15) is 0 Å². The highest BCUT2D eigenvalue weighted by atomic mass is 16.5. The smallest absolute Gasteiger partial charge is 0.251 e. The molecule has 4 rings (SSSR count). The van der Waals surface area contributed by atoms with Crippen LogP contribution in [0.4, 0.5) is 0 Å². The van der Waals surface area contributed by atoms with Gasteiger partial charge in [-0.3, -0.25) is 9.78 Å². The summed E-state index contributed by atoms with van der Waals surface area (Å²) in [4.78, 5) is 17.0. The molecule has 0 aliphatic carbocycles. The van der Waals surface area contributed by atoms with Crippen LogP contribution in [-0.2, 0) is 6.42 Å². The first-order chi connectivity index (χ1) is 16.2. The van der Waals surface area contributed by atoms with Gasteiger partial charge in [0.05, 0.1) is 19.7 Å². The molecule has 33 heavy (non-hydrogen) atoms. The lowest BCUT2D eigenvalue weighted by Crippen LogP contribution is -2.24. The second-order valence-electron chi connectivity index (χ2n) is 7.90. The number of ether oxygens (including phenoxy) is 2. The molecule has 0 aliphatic rings. The second-order valence-corrected chi connectivity index (χ2v) is 7.90. The molecular formula is C28H28N2O3. The van der Waals surface area contributed by atoms with Crippen molar-refractivity contribution < 1.29 is 14.3 Å². The van der Waals surface area contributed by atoms with Crippen molar-refractivity contribution in [2.24, 2.45) is 0 Å². The molecular weight excluding hydrogens is 412 g/mol. The fraction of sp³-hybridized carbons (Fsp3) is 0.214. The highest BCUT2D eigenvalue weighted by Crippen LogP contribution is 2.32. The van der Waals surface area contributed by atoms with Crippen LogP contribution in [0.5, 0.6) is 11.5 Å². The van der Waals surface area contributed by atoms with Gasteiger partial charge < -0.3 is 14.8 Å². The zero-order chi connectivity index (χ0) is 23.0. The summed E-state index contributed by atoms with van der Waals surface area (Å²) in [6, 6.07) is 23.7. The molecule has 1 N–H and O–H groups in total. The second kappa shape index (κ2) is 10.6. The fourth-order valence-electron chi connectivity index (χ4n) is 3.84. The highest BCUT2D eigenvalue weighted by molar-refractivity contribution is 5.94. The first kappa shape index (κ1) is 22.3. The predicted octanol–water partition coefficient (Wildman–Crippen LogP) is 5.67. The summed E-state index contributed by atoms with van der Waals surface area (Å²) in [5.74, 6) is 1.31. The van der Waals surface area contributed by atoms with Crippen LogP contribution < -0.4 is 14.8 Å². The highest BCUT2D eigenvalue weighted by Gasteiger charge is 2.08. The molecule has 1 heterocycles. The van der Waals surface area contributed by atoms with Crippen molar-refractivity contribution in [1.29, 1.82) is 0 Å². The van der Waals surface area contributed by atoms with Crippen molar-refractivity contribution in [3.63, 3.8) is 0 Å². The minimum atomic E-state index is -0.0544. The molecule has 0 atom stereocenters. The number of carbonyl (C=O) groups is 1. The van der Waals surface area contributed by atoms with Gasteiger partial charge in [0.2, 0.25) is 0 Å². The average molecular weight is 441 g/mol. The van der Waals surface area contributed by atoms with Crippen LogP contribution in [0.1, 0.15) is 28.8 Å². The van der Waals surface area contributed by atoms with Crippen molar-refractivity contribution in [2.45, 2.75) is 19.3 Å². The first-order valence-corrected chi connectivity index (χ1v) is 11.1. The number of fused-ring (bicyclic) bond motifs is 1. The summed E-state index contributed by atoms with van der Waals surface area (Å²) in [6.45, 7) is 0.650. The molecule has 0 radical (unpaired) electrons. The number of carbonyl (C=O) groups excluding carboxylic acids is 1. The normalized spacial score (nSPS) is 10.7. The van der Waals surface area contributed by atoms with Crippen LogP contribution in [0.15, 0.2) is 79.0 Å². The molecule has 4 aromatic rings. The Bertz CT molecular complexity index is 1240. The number of amides is 1. The van der Waals surface area contributed by atoms with Gasteiger partial charge in [-0.15, -0.1) is 0 Å². The van der Waals surface area contributed by atoms with E-state index in [4.69, 9.17) is 9.47 Å². The number of hydrogen-bond donors (Lipinski definition) is 1. The number of aryl methyl sites for hydroxylation is 1. The summed E-state index contributed by atoms with van der Waals surface area (Å²) in [7, 11) is 3.24. The molecule has 1 amide bonds. The van der Waals surface area contributed by atoms with E-state index in [1.54, 1.807) is 14.2 Å². The van der Waals surface area contributed by atoms with Crippen molar-refractivity contribution in [1.82, 2.24) is 10.3 Å². The van der Waals surface area contributed by atoms with Crippen molar-refractivity contribution in [3.05, 3.63) is 90.1 Å². The lowest BCUT2D eigenvalue weighted by atomic mass is 10.0. The number of aromatic nitrogens is 1. The summed E-state index contributed by atoms with van der Waals surface area (Å²) in [6.07, 6.45) is 4.81. The molecule has 1 aromatic heterocycles. The molecule has 0 aliphatic heterocycles. The number of para-hydroxylation sites is 1. The predicted molar refractivity (Wildman–Crippen MR) is 132 cm³/mol. The molecule has 0 saturated carbocycles. The van der Waals surface area contributed by atoms with Gasteiger partial charge in [-0.25, -0.2) is 0 Å². The van der Waals surface area contributed by atoms with Crippen LogP contribution in [0.2, 0.25) is 0 Å². The van der Waals surface area contributed by atoms with E-state index in [9.17, 15) is 4.79 Å². The minimum absolute atomic E-state index is 0.0544. The Balaban J connectivity index is 1.26. The maximum Gasteiger partial charge on any atom is 0.251 e. The monoisotopic (exact) mass is 440 g/mol. The van der Waals surface area contributed by atoms with Crippen molar-refractivity contribution in [3.8, 4) is 22.6 Å². The van der Waals surface area contributed by atoms with Gasteiger partial charge in [0.15, 0.2) is 11.5 Å². The molecule has 5 nitrogen and oxygen atoms in total. The van der Waals surface area contributed by atoms with Crippen molar-refractivity contribution >= 4 is 16.8 Å². The third-order valence-corrected chi connectivity index (χ3v) is 5.69. The van der Waals surface area contributed by atoms with Crippen LogP contribution in [-0.4, -0.2) is 31.7 Å². The molecule has 168 valence electrons. The lowest BCUT2D eigenvalue weighted by molar-refractivity contribution is 0.0953. The van der Waals surface area contributed by atoms with Gasteiger partial charge in [0, 0.05) is 23.7 Å². The number of nitrogens with zero attached hydrogens (tertiary/aromatic N) is 1. The van der Waals surface area contributed by atoms with E-state index in [0.717, 1.165) is 35.9 Å². The molecule has 0 spiro atoms. The van der Waals surface area contributed by atoms with Gasteiger partial charge in [0.25, 0.3) is 5.91 Å². The Morgan fingerprint density at radius 2 is 1.61 bits per heavy atom. The number of benzene rings is 3. The van der Waals surface area contributed by atoms with Gasteiger partial charge in [-0.2, -0.15) is 0 Å². The number of unbranched alkanes of at least 4 members (excludes halogenated alkanes) is 1. The number of pyridine rings is 1. The number of nitrogens with one attached hydrogen (secondary N) is 1. The maximum atomic E-state index is 12.5. The average Bonchev–Trinajstić information content (AvgIpc) is 2.88. The van der Waals surface area contributed by atoms with E-state index in [1.165, 1.54) is 10.9 Å². The quantitative estimate of drug-likeness (QED) is 0.341. The van der Waals surface area contributed by atoms with E-state index in [-0.39, 0.29) is 5.91 Å². The Hall–Kier alpha value is -3.86. The molecule has 5 heteroatoms. The Labute approximate surface area is 194 Å². The third-order valence-electron chi connectivity index (χ3n) is 5.69. The minimum Gasteiger partial charge on any atom is -0.493 e. The van der Waals surface area contributed by atoms with E-state index in [2.05, 4.69) is 22.4 Å². The third kappa shape index (κ3) is 5.50. The molecule has 3 aromatic carbocycles. The van der Waals surface area contributed by atoms with Crippen LogP contribution >= 0.6 is 0 Å². The summed E-state index contributed by atoms with van der Waals surface area (Å²) >= 11 is 0. The Morgan fingerprint density at radius 3 is 2.39 bits per heavy atom. The van der Waals surface area contributed by atoms with Gasteiger partial charge >= 0.3 is 0 Å². The van der Waals surface area contributed by atoms with Crippen molar-refractivity contribution in [2.75, 3.05) is 20.8 Å². The SMILES string of the molecule is COc1ccc(-c2ccc(C(=O)NCCCCc3cnc4ccccc4c3)cc2)cc1OC. The maximum absolute atomic E-state index is 12.5. The molecule has 0 saturated heterocycles. The largest absolute Gasteiger partial charge is 0.493 e. The number of methoxy groups -OCH3 is 2. The lowest BCUT2D eigenvalue weighted by Gasteiger charge is -2.10. The Kier molecular flexibility index (Phi) is 7.20. The summed E-state index contributed by atoms with van der Waals surface area (Å²) < 4.78 is 10.7. The standard InChI is InChI=1S/C28H28N2O3/c1-32-26-15-14-23(18-27(26)33-2)21-10-12-22(13-11-21)28(31)29-16-6-5-7-20-17-24-8-3-4-9-25(24)30-19-20/h3-4,8-15,17-19H,5-7,16H2,1-2H3,(H,29,31). The van der Waals surface area contributed by atoms with Gasteiger partial charge in [-0.05, 0) is 72.4 Å². The summed E-state index contributed by atoms with van der Waals surface area (Å²) in [5.41, 5.74) is 4.91. The molecule has 0 unspecified atom stereocenters. The van der Waals surface area contributed by atoms with Crippen LogP contribution in [0, 0.1) is 0 Å². The zero-order valence-corrected chi connectivity index (χ0v) is 19.0. The van der Waals surface area contributed by atoms with E-state index in [0.29, 0.717) is 23.6 Å². The van der Waals surface area contributed by atoms with E-state index in [1.807, 2.05) is 66.9 Å². The molecule has 0 bridgehead atoms. The van der Waals surface area contributed by atoms with Crippen LogP contribution in [0.25, 0.3) is 22.0 Å². The fourth-order valence-corrected chi connectivity index (χ4v) is 3.84. The first-order valence-electron chi connectivity index (χ1n) is 11.1. The zero-order valence-electron chi connectivity index (χ0n) is 19.0. The van der Waals surface area contributed by atoms with Gasteiger partial charge in [-0.1, -0.05) is 36.4 Å². The number of hydrogen-bond acceptors (Lipinski definition) is 4. The topological polar surface area (TPSA) is 60.5 Å². The van der Waals surface area contributed by atoms with Crippen LogP contribution in [0.3, 0.4) is 0 Å². The van der Waals surface area contributed by atoms with E-state index < -0.39 is 0 Å².